The lowest BCUT2D eigenvalue weighted by atomic mass is 9.92. The van der Waals surface area contributed by atoms with Crippen LogP contribution in [0.1, 0.15) is 35.7 Å². The summed E-state index contributed by atoms with van der Waals surface area (Å²) in [6.45, 7) is 3.12. The summed E-state index contributed by atoms with van der Waals surface area (Å²) in [6, 6.07) is 8.07. The van der Waals surface area contributed by atoms with Gasteiger partial charge in [-0.3, -0.25) is 4.79 Å². The first-order valence-corrected chi connectivity index (χ1v) is 9.20. The van der Waals surface area contributed by atoms with Crippen LogP contribution in [0.3, 0.4) is 0 Å². The highest BCUT2D eigenvalue weighted by Crippen LogP contribution is 2.32. The molecule has 2 aromatic rings. The first-order valence-electron chi connectivity index (χ1n) is 9.20. The van der Waals surface area contributed by atoms with Gasteiger partial charge >= 0.3 is 6.18 Å². The highest BCUT2D eigenvalue weighted by atomic mass is 35.5. The molecule has 1 amide bonds. The van der Waals surface area contributed by atoms with Gasteiger partial charge in [0.25, 0.3) is 5.91 Å². The number of amides is 1. The number of carbonyl (C=O) groups excluding carboxylic acids is 1. The predicted molar refractivity (Wildman–Crippen MR) is 108 cm³/mol. The van der Waals surface area contributed by atoms with E-state index >= 15 is 0 Å². The minimum absolute atomic E-state index is 0. The molecule has 2 heterocycles. The summed E-state index contributed by atoms with van der Waals surface area (Å²) in [7, 11) is 0. The lowest BCUT2D eigenvalue weighted by Crippen LogP contribution is -2.45. The monoisotopic (exact) mass is 428 g/mol. The number of hydrogen-bond donors (Lipinski definition) is 2. The Bertz CT molecular complexity index is 844. The maximum atomic E-state index is 13.0. The number of nitrogens with zero attached hydrogens (tertiary/aromatic N) is 2. The minimum atomic E-state index is -4.44. The highest BCUT2D eigenvalue weighted by molar-refractivity contribution is 5.99. The molecule has 2 atom stereocenters. The van der Waals surface area contributed by atoms with Crippen molar-refractivity contribution in [3.63, 3.8) is 0 Å². The number of rotatable bonds is 4. The lowest BCUT2D eigenvalue weighted by Gasteiger charge is -2.34. The maximum absolute atomic E-state index is 13.0. The second-order valence-electron chi connectivity index (χ2n) is 7.12. The molecule has 0 aliphatic carbocycles. The second kappa shape index (κ2) is 9.45. The molecule has 0 bridgehead atoms. The molecule has 0 radical (unpaired) electrons. The van der Waals surface area contributed by atoms with Gasteiger partial charge in [0, 0.05) is 31.0 Å². The molecule has 3 N–H and O–H groups in total. The summed E-state index contributed by atoms with van der Waals surface area (Å²) < 4.78 is 38.8. The van der Waals surface area contributed by atoms with Crippen molar-refractivity contribution in [3.8, 4) is 0 Å². The number of piperidine rings is 1. The van der Waals surface area contributed by atoms with Gasteiger partial charge in [-0.05, 0) is 56.0 Å². The number of nitrogens with two attached hydrogens (primary N) is 1. The molecule has 1 aromatic heterocycles. The van der Waals surface area contributed by atoms with Crippen LogP contribution in [-0.4, -0.2) is 34.9 Å². The standard InChI is InChI=1S/C20H23F3N4O.ClH/c1-13(24)14-5-4-10-27(12-14)19(28)17-8-3-9-25-18(17)26-16-7-2-6-15(11-16)20(21,22)23;/h2-3,6-9,11,13-14H,4-5,10,12,24H2,1H3,(H,25,26);1H. The third-order valence-corrected chi connectivity index (χ3v) is 4.98. The van der Waals surface area contributed by atoms with Crippen LogP contribution in [0.15, 0.2) is 42.6 Å². The summed E-state index contributed by atoms with van der Waals surface area (Å²) in [6.07, 6.45) is -1.10. The van der Waals surface area contributed by atoms with E-state index in [-0.39, 0.29) is 41.8 Å². The number of hydrogen-bond acceptors (Lipinski definition) is 4. The molecule has 3 rings (SSSR count). The smallest absolute Gasteiger partial charge is 0.340 e. The van der Waals surface area contributed by atoms with E-state index in [1.54, 1.807) is 17.0 Å². The van der Waals surface area contributed by atoms with Crippen LogP contribution in [0.4, 0.5) is 24.7 Å². The van der Waals surface area contributed by atoms with Crippen LogP contribution in [0.5, 0.6) is 0 Å². The largest absolute Gasteiger partial charge is 0.416 e. The molecule has 9 heteroatoms. The molecule has 2 unspecified atom stereocenters. The average molecular weight is 429 g/mol. The molecular weight excluding hydrogens is 405 g/mol. The third-order valence-electron chi connectivity index (χ3n) is 4.98. The summed E-state index contributed by atoms with van der Waals surface area (Å²) in [5.41, 5.74) is 5.77. The topological polar surface area (TPSA) is 71.2 Å². The minimum Gasteiger partial charge on any atom is -0.340 e. The molecule has 0 saturated carbocycles. The Morgan fingerprint density at radius 3 is 2.76 bits per heavy atom. The number of halogens is 4. The summed E-state index contributed by atoms with van der Waals surface area (Å²) in [5.74, 6) is 0.261. The predicted octanol–water partition coefficient (Wildman–Crippen LogP) is 4.47. The Balaban J connectivity index is 0.00000300. The van der Waals surface area contributed by atoms with Crippen LogP contribution in [0.2, 0.25) is 0 Å². The fourth-order valence-corrected chi connectivity index (χ4v) is 3.38. The number of aromatic nitrogens is 1. The Hall–Kier alpha value is -2.32. The van der Waals surface area contributed by atoms with Crippen molar-refractivity contribution in [2.45, 2.75) is 32.0 Å². The first kappa shape index (κ1) is 23.0. The summed E-state index contributed by atoms with van der Waals surface area (Å²) in [5, 5.41) is 2.86. The van der Waals surface area contributed by atoms with Gasteiger partial charge in [-0.15, -0.1) is 12.4 Å². The second-order valence-corrected chi connectivity index (χ2v) is 7.12. The summed E-state index contributed by atoms with van der Waals surface area (Å²) >= 11 is 0. The molecule has 1 aromatic carbocycles. The van der Waals surface area contributed by atoms with Crippen LogP contribution in [0.25, 0.3) is 0 Å². The number of benzene rings is 1. The Labute approximate surface area is 173 Å². The molecule has 1 aliphatic heterocycles. The summed E-state index contributed by atoms with van der Waals surface area (Å²) in [4.78, 5) is 18.9. The van der Waals surface area contributed by atoms with Gasteiger partial charge < -0.3 is 16.0 Å². The molecule has 1 fully saturated rings. The number of likely N-dealkylation sites (tertiary alicyclic amines) is 1. The van der Waals surface area contributed by atoms with Crippen molar-refractivity contribution in [2.75, 3.05) is 18.4 Å². The van der Waals surface area contributed by atoms with Crippen LogP contribution >= 0.6 is 12.4 Å². The Kier molecular flexibility index (Phi) is 7.48. The van der Waals surface area contributed by atoms with Crippen LogP contribution < -0.4 is 11.1 Å². The van der Waals surface area contributed by atoms with Crippen LogP contribution in [0, 0.1) is 5.92 Å². The molecule has 29 heavy (non-hydrogen) atoms. The number of carbonyl (C=O) groups is 1. The normalized spacial score (nSPS) is 18.0. The van der Waals surface area contributed by atoms with Crippen LogP contribution in [-0.2, 0) is 6.18 Å². The zero-order valence-electron chi connectivity index (χ0n) is 15.9. The van der Waals surface area contributed by atoms with E-state index in [0.29, 0.717) is 18.7 Å². The fraction of sp³-hybridized carbons (Fsp3) is 0.400. The van der Waals surface area contributed by atoms with Crippen molar-refractivity contribution in [1.29, 1.82) is 0 Å². The van der Waals surface area contributed by atoms with Crippen molar-refractivity contribution in [2.24, 2.45) is 11.7 Å². The van der Waals surface area contributed by atoms with Crippen molar-refractivity contribution < 1.29 is 18.0 Å². The highest BCUT2D eigenvalue weighted by Gasteiger charge is 2.31. The van der Waals surface area contributed by atoms with E-state index in [2.05, 4.69) is 10.3 Å². The van der Waals surface area contributed by atoms with Crippen molar-refractivity contribution in [1.82, 2.24) is 9.88 Å². The van der Waals surface area contributed by atoms with E-state index in [0.717, 1.165) is 25.0 Å². The average Bonchev–Trinajstić information content (AvgIpc) is 2.67. The number of alkyl halides is 3. The zero-order valence-corrected chi connectivity index (χ0v) is 16.8. The van der Waals surface area contributed by atoms with Gasteiger partial charge in [-0.1, -0.05) is 6.07 Å². The van der Waals surface area contributed by atoms with Gasteiger partial charge in [0.05, 0.1) is 11.1 Å². The molecule has 0 spiro atoms. The zero-order chi connectivity index (χ0) is 20.3. The Morgan fingerprint density at radius 2 is 2.07 bits per heavy atom. The lowest BCUT2D eigenvalue weighted by molar-refractivity contribution is -0.137. The molecule has 1 aliphatic rings. The van der Waals surface area contributed by atoms with E-state index in [4.69, 9.17) is 5.73 Å². The van der Waals surface area contributed by atoms with Gasteiger partial charge in [-0.25, -0.2) is 4.98 Å². The third kappa shape index (κ3) is 5.61. The first-order chi connectivity index (χ1) is 13.3. The Morgan fingerprint density at radius 1 is 1.31 bits per heavy atom. The number of pyridine rings is 1. The van der Waals surface area contributed by atoms with Crippen molar-refractivity contribution >= 4 is 29.8 Å². The number of anilines is 2. The molecule has 5 nitrogen and oxygen atoms in total. The van der Waals surface area contributed by atoms with Gasteiger partial charge in [0.1, 0.15) is 5.82 Å². The van der Waals surface area contributed by atoms with Gasteiger partial charge in [-0.2, -0.15) is 13.2 Å². The van der Waals surface area contributed by atoms with E-state index in [9.17, 15) is 18.0 Å². The van der Waals surface area contributed by atoms with Gasteiger partial charge in [0.2, 0.25) is 0 Å². The molecule has 1 saturated heterocycles. The maximum Gasteiger partial charge on any atom is 0.416 e. The molecule has 158 valence electrons. The van der Waals surface area contributed by atoms with E-state index in [1.165, 1.54) is 18.3 Å². The quantitative estimate of drug-likeness (QED) is 0.754. The van der Waals surface area contributed by atoms with Gasteiger partial charge in [0.15, 0.2) is 0 Å². The molecular formula is C20H24ClF3N4O. The van der Waals surface area contributed by atoms with E-state index < -0.39 is 11.7 Å². The fourth-order valence-electron chi connectivity index (χ4n) is 3.38. The van der Waals surface area contributed by atoms with Crippen molar-refractivity contribution in [3.05, 3.63) is 53.7 Å². The SMILES string of the molecule is CC(N)C1CCCN(C(=O)c2cccnc2Nc2cccc(C(F)(F)F)c2)C1.Cl. The number of nitrogens with one attached hydrogen (secondary N) is 1. The van der Waals surface area contributed by atoms with E-state index in [1.807, 2.05) is 6.92 Å².